The lowest BCUT2D eigenvalue weighted by molar-refractivity contribution is -0.112. The summed E-state index contributed by atoms with van der Waals surface area (Å²) in [6.07, 6.45) is 3.18. The number of rotatable bonds is 2. The number of aliphatic hydroxyl groups excluding tert-OH is 1. The molecule has 0 atom stereocenters. The molecule has 23 heavy (non-hydrogen) atoms. The lowest BCUT2D eigenvalue weighted by Gasteiger charge is -2.63. The van der Waals surface area contributed by atoms with E-state index in [1.807, 2.05) is 26.8 Å². The van der Waals surface area contributed by atoms with Gasteiger partial charge in [0.05, 0.1) is 6.61 Å². The van der Waals surface area contributed by atoms with E-state index in [9.17, 15) is 9.90 Å². The highest BCUT2D eigenvalue weighted by Gasteiger charge is 2.61. The quantitative estimate of drug-likeness (QED) is 0.842. The van der Waals surface area contributed by atoms with Crippen LogP contribution in [0, 0.1) is 5.41 Å². The molecule has 2 bridgehead atoms. The molecule has 0 spiro atoms. The van der Waals surface area contributed by atoms with Gasteiger partial charge in [0.25, 0.3) is 0 Å². The van der Waals surface area contributed by atoms with Crippen molar-refractivity contribution in [2.24, 2.45) is 5.41 Å². The number of halogens is 1. The molecule has 3 fully saturated rings. The van der Waals surface area contributed by atoms with Gasteiger partial charge in [0.1, 0.15) is 10.8 Å². The van der Waals surface area contributed by atoms with E-state index < -0.39 is 5.60 Å². The zero-order valence-corrected chi connectivity index (χ0v) is 14.6. The zero-order chi connectivity index (χ0) is 16.9. The van der Waals surface area contributed by atoms with Gasteiger partial charge in [-0.15, -0.1) is 0 Å². The second kappa shape index (κ2) is 5.35. The predicted molar refractivity (Wildman–Crippen MR) is 87.5 cm³/mol. The van der Waals surface area contributed by atoms with Gasteiger partial charge in [-0.3, -0.25) is 0 Å². The number of pyridine rings is 1. The summed E-state index contributed by atoms with van der Waals surface area (Å²) in [6.45, 7) is 6.78. The Labute approximate surface area is 141 Å². The molecule has 1 aliphatic carbocycles. The lowest BCUT2D eigenvalue weighted by Crippen LogP contribution is -2.67. The number of nitrogens with zero attached hydrogens (tertiary/aromatic N) is 2. The molecular weight excluding hydrogens is 316 g/mol. The topological polar surface area (TPSA) is 62.7 Å². The standard InChI is InChI=1S/C17H23ClN2O3/c1-15(2,3)23-14(22)20-9-16(11-21)7-17(8-16,10-20)12-4-5-13(18)19-6-12/h4-6,21H,7-11H2,1-3H3. The molecule has 3 heterocycles. The number of carbonyl (C=O) groups excluding carboxylic acids is 1. The third kappa shape index (κ3) is 3.04. The van der Waals surface area contributed by atoms with Crippen LogP contribution in [0.25, 0.3) is 0 Å². The van der Waals surface area contributed by atoms with Crippen LogP contribution in [0.3, 0.4) is 0 Å². The molecule has 6 heteroatoms. The van der Waals surface area contributed by atoms with Gasteiger partial charge < -0.3 is 14.7 Å². The fourth-order valence-electron chi connectivity index (χ4n) is 4.04. The minimum absolute atomic E-state index is 0.0784. The Bertz CT molecular complexity index is 603. The first-order valence-electron chi connectivity index (χ1n) is 7.88. The van der Waals surface area contributed by atoms with Gasteiger partial charge >= 0.3 is 6.09 Å². The van der Waals surface area contributed by atoms with Gasteiger partial charge in [0, 0.05) is 30.1 Å². The van der Waals surface area contributed by atoms with E-state index in [1.54, 1.807) is 17.2 Å². The summed E-state index contributed by atoms with van der Waals surface area (Å²) in [6, 6.07) is 3.74. The maximum Gasteiger partial charge on any atom is 0.410 e. The van der Waals surface area contributed by atoms with Gasteiger partial charge in [-0.2, -0.15) is 0 Å². The largest absolute Gasteiger partial charge is 0.444 e. The molecule has 126 valence electrons. The number of amides is 1. The fraction of sp³-hybridized carbons (Fsp3) is 0.647. The molecule has 0 radical (unpaired) electrons. The molecule has 1 amide bonds. The van der Waals surface area contributed by atoms with Crippen LogP contribution in [0.1, 0.15) is 39.2 Å². The van der Waals surface area contributed by atoms with Crippen LogP contribution in [-0.4, -0.2) is 46.4 Å². The molecule has 0 unspecified atom stereocenters. The second-order valence-corrected chi connectivity index (χ2v) is 8.39. The Morgan fingerprint density at radius 1 is 1.39 bits per heavy atom. The van der Waals surface area contributed by atoms with E-state index in [2.05, 4.69) is 4.98 Å². The lowest BCUT2D eigenvalue weighted by atomic mass is 9.48. The van der Waals surface area contributed by atoms with Gasteiger partial charge in [-0.05, 0) is 45.2 Å². The molecule has 2 aliphatic heterocycles. The van der Waals surface area contributed by atoms with Crippen molar-refractivity contribution in [2.75, 3.05) is 19.7 Å². The summed E-state index contributed by atoms with van der Waals surface area (Å²) in [7, 11) is 0. The van der Waals surface area contributed by atoms with Gasteiger partial charge in [0.2, 0.25) is 0 Å². The van der Waals surface area contributed by atoms with E-state index >= 15 is 0 Å². The number of piperidine rings is 2. The molecule has 1 aromatic heterocycles. The Morgan fingerprint density at radius 3 is 2.61 bits per heavy atom. The monoisotopic (exact) mass is 338 g/mol. The molecule has 1 N–H and O–H groups in total. The van der Waals surface area contributed by atoms with E-state index in [0.717, 1.165) is 18.4 Å². The first-order valence-corrected chi connectivity index (χ1v) is 8.26. The van der Waals surface area contributed by atoms with E-state index in [0.29, 0.717) is 18.2 Å². The average molecular weight is 339 g/mol. The van der Waals surface area contributed by atoms with Crippen LogP contribution in [0.2, 0.25) is 5.15 Å². The number of aliphatic hydroxyl groups is 1. The Morgan fingerprint density at radius 2 is 2.09 bits per heavy atom. The average Bonchev–Trinajstić information content (AvgIpc) is 2.45. The third-order valence-electron chi connectivity index (χ3n) is 4.77. The fourth-order valence-corrected chi connectivity index (χ4v) is 4.15. The summed E-state index contributed by atoms with van der Waals surface area (Å²) in [5.74, 6) is 0. The second-order valence-electron chi connectivity index (χ2n) is 8.00. The zero-order valence-electron chi connectivity index (χ0n) is 13.8. The van der Waals surface area contributed by atoms with E-state index in [-0.39, 0.29) is 23.5 Å². The summed E-state index contributed by atoms with van der Waals surface area (Å²) < 4.78 is 5.50. The summed E-state index contributed by atoms with van der Waals surface area (Å²) in [5, 5.41) is 10.3. The van der Waals surface area contributed by atoms with Crippen molar-refractivity contribution in [3.05, 3.63) is 29.0 Å². The molecular formula is C17H23ClN2O3. The molecule has 3 aliphatic rings. The van der Waals surface area contributed by atoms with Crippen LogP contribution < -0.4 is 0 Å². The first-order chi connectivity index (χ1) is 10.7. The minimum Gasteiger partial charge on any atom is -0.444 e. The van der Waals surface area contributed by atoms with Crippen molar-refractivity contribution in [2.45, 2.75) is 44.6 Å². The van der Waals surface area contributed by atoms with Crippen LogP contribution in [0.4, 0.5) is 4.79 Å². The normalized spacial score (nSPS) is 29.9. The van der Waals surface area contributed by atoms with Crippen LogP contribution in [0.5, 0.6) is 0 Å². The molecule has 1 saturated carbocycles. The Kier molecular flexibility index (Phi) is 3.84. The highest BCUT2D eigenvalue weighted by atomic mass is 35.5. The number of carbonyl (C=O) groups is 1. The van der Waals surface area contributed by atoms with Crippen molar-refractivity contribution < 1.29 is 14.6 Å². The van der Waals surface area contributed by atoms with Gasteiger partial charge in [-0.25, -0.2) is 9.78 Å². The van der Waals surface area contributed by atoms with E-state index in [1.165, 1.54) is 0 Å². The molecule has 4 rings (SSSR count). The number of hydrogen-bond acceptors (Lipinski definition) is 4. The first kappa shape index (κ1) is 16.5. The minimum atomic E-state index is -0.528. The van der Waals surface area contributed by atoms with E-state index in [4.69, 9.17) is 16.3 Å². The highest BCUT2D eigenvalue weighted by Crippen LogP contribution is 2.59. The smallest absolute Gasteiger partial charge is 0.410 e. The molecule has 0 aromatic carbocycles. The van der Waals surface area contributed by atoms with Crippen LogP contribution in [0.15, 0.2) is 18.3 Å². The summed E-state index contributed by atoms with van der Waals surface area (Å²) in [4.78, 5) is 18.3. The summed E-state index contributed by atoms with van der Waals surface area (Å²) in [5.41, 5.74) is 0.156. The van der Waals surface area contributed by atoms with Crippen molar-refractivity contribution in [1.29, 1.82) is 0 Å². The molecule has 5 nitrogen and oxygen atoms in total. The predicted octanol–water partition coefficient (Wildman–Crippen LogP) is 3.00. The van der Waals surface area contributed by atoms with Gasteiger partial charge in [-0.1, -0.05) is 17.7 Å². The maximum absolute atomic E-state index is 12.5. The van der Waals surface area contributed by atoms with Crippen molar-refractivity contribution in [3.63, 3.8) is 0 Å². The maximum atomic E-state index is 12.5. The number of ether oxygens (including phenoxy) is 1. The van der Waals surface area contributed by atoms with Crippen LogP contribution >= 0.6 is 11.6 Å². The molecule has 1 aromatic rings. The SMILES string of the molecule is CC(C)(C)OC(=O)N1CC2(CO)CC(c3ccc(Cl)nc3)(C1)C2. The number of hydrogen-bond donors (Lipinski definition) is 1. The molecule has 2 saturated heterocycles. The number of aromatic nitrogens is 1. The Balaban J connectivity index is 1.84. The van der Waals surface area contributed by atoms with Crippen molar-refractivity contribution in [1.82, 2.24) is 9.88 Å². The highest BCUT2D eigenvalue weighted by molar-refractivity contribution is 6.29. The Hall–Kier alpha value is -1.33. The number of fused-ring (bicyclic) bond motifs is 2. The van der Waals surface area contributed by atoms with Crippen LogP contribution in [-0.2, 0) is 10.2 Å². The van der Waals surface area contributed by atoms with Gasteiger partial charge in [0.15, 0.2) is 0 Å². The van der Waals surface area contributed by atoms with Crippen molar-refractivity contribution >= 4 is 17.7 Å². The van der Waals surface area contributed by atoms with Crippen molar-refractivity contribution in [3.8, 4) is 0 Å². The summed E-state index contributed by atoms with van der Waals surface area (Å²) >= 11 is 5.88. The third-order valence-corrected chi connectivity index (χ3v) is 5.00.